The van der Waals surface area contributed by atoms with Crippen molar-refractivity contribution in [2.24, 2.45) is 0 Å². The first-order valence-electron chi connectivity index (χ1n) is 4.67. The van der Waals surface area contributed by atoms with Crippen LogP contribution >= 0.6 is 0 Å². The Hall–Kier alpha value is -1.52. The van der Waals surface area contributed by atoms with E-state index in [0.717, 1.165) is 25.1 Å². The maximum absolute atomic E-state index is 10.3. The third-order valence-electron chi connectivity index (χ3n) is 2.24. The van der Waals surface area contributed by atoms with Gasteiger partial charge in [-0.25, -0.2) is 4.79 Å². The van der Waals surface area contributed by atoms with Crippen molar-refractivity contribution in [3.63, 3.8) is 0 Å². The fourth-order valence-electron chi connectivity index (χ4n) is 1.60. The fraction of sp³-hybridized carbons (Fsp3) is 0.556. The van der Waals surface area contributed by atoms with Crippen LogP contribution in [0.1, 0.15) is 18.5 Å². The molecule has 76 valence electrons. The van der Waals surface area contributed by atoms with Gasteiger partial charge in [0.2, 0.25) is 5.88 Å². The van der Waals surface area contributed by atoms with Gasteiger partial charge in [-0.15, -0.1) is 5.10 Å². The molecule has 0 bridgehead atoms. The standard InChI is InChI=1S/C9H12N2O3/c12-9(13)6-14-8-5-7-3-1-2-4-11(7)10-8/h5H,1-4,6H2,(H,12,13). The first kappa shape index (κ1) is 9.05. The molecule has 1 N–H and O–H groups in total. The van der Waals surface area contributed by atoms with Gasteiger partial charge in [-0.05, 0) is 19.3 Å². The fourth-order valence-corrected chi connectivity index (χ4v) is 1.60. The summed E-state index contributed by atoms with van der Waals surface area (Å²) in [6.45, 7) is 0.586. The summed E-state index contributed by atoms with van der Waals surface area (Å²) in [5.41, 5.74) is 1.14. The lowest BCUT2D eigenvalue weighted by molar-refractivity contribution is -0.139. The van der Waals surface area contributed by atoms with Crippen molar-refractivity contribution in [3.8, 4) is 5.88 Å². The SMILES string of the molecule is O=C(O)COc1cc2n(n1)CCCC2. The molecular weight excluding hydrogens is 184 g/mol. The zero-order chi connectivity index (χ0) is 9.97. The molecule has 0 spiro atoms. The quantitative estimate of drug-likeness (QED) is 0.772. The van der Waals surface area contributed by atoms with Crippen LogP contribution in [0.4, 0.5) is 0 Å². The molecule has 0 unspecified atom stereocenters. The van der Waals surface area contributed by atoms with E-state index in [4.69, 9.17) is 9.84 Å². The van der Waals surface area contributed by atoms with Gasteiger partial charge in [-0.1, -0.05) is 0 Å². The number of rotatable bonds is 3. The summed E-state index contributed by atoms with van der Waals surface area (Å²) in [5.74, 6) is -0.555. The highest BCUT2D eigenvalue weighted by atomic mass is 16.5. The van der Waals surface area contributed by atoms with Crippen molar-refractivity contribution >= 4 is 5.97 Å². The average Bonchev–Trinajstić information content (AvgIpc) is 2.57. The minimum Gasteiger partial charge on any atom is -0.479 e. The van der Waals surface area contributed by atoms with E-state index < -0.39 is 5.97 Å². The van der Waals surface area contributed by atoms with E-state index >= 15 is 0 Å². The summed E-state index contributed by atoms with van der Waals surface area (Å²) >= 11 is 0. The topological polar surface area (TPSA) is 64.3 Å². The van der Waals surface area contributed by atoms with Crippen LogP contribution in [-0.4, -0.2) is 27.5 Å². The highest BCUT2D eigenvalue weighted by molar-refractivity contribution is 5.68. The summed E-state index contributed by atoms with van der Waals surface area (Å²) in [6.07, 6.45) is 3.31. The van der Waals surface area contributed by atoms with Gasteiger partial charge in [-0.3, -0.25) is 4.68 Å². The van der Waals surface area contributed by atoms with E-state index in [1.54, 1.807) is 0 Å². The Morgan fingerprint density at radius 2 is 2.50 bits per heavy atom. The second-order valence-corrected chi connectivity index (χ2v) is 3.34. The largest absolute Gasteiger partial charge is 0.479 e. The van der Waals surface area contributed by atoms with Gasteiger partial charge in [0.25, 0.3) is 0 Å². The zero-order valence-electron chi connectivity index (χ0n) is 7.77. The van der Waals surface area contributed by atoms with Gasteiger partial charge >= 0.3 is 5.97 Å². The molecule has 1 aromatic heterocycles. The lowest BCUT2D eigenvalue weighted by Gasteiger charge is -2.11. The molecule has 0 atom stereocenters. The van der Waals surface area contributed by atoms with Crippen molar-refractivity contribution in [1.29, 1.82) is 0 Å². The molecule has 0 fully saturated rings. The molecule has 0 aliphatic carbocycles. The monoisotopic (exact) mass is 196 g/mol. The smallest absolute Gasteiger partial charge is 0.341 e. The first-order chi connectivity index (χ1) is 6.75. The molecule has 0 amide bonds. The van der Waals surface area contributed by atoms with Gasteiger partial charge in [0.15, 0.2) is 6.61 Å². The highest BCUT2D eigenvalue weighted by Gasteiger charge is 2.13. The highest BCUT2D eigenvalue weighted by Crippen LogP contribution is 2.18. The van der Waals surface area contributed by atoms with Crippen molar-refractivity contribution in [3.05, 3.63) is 11.8 Å². The lowest BCUT2D eigenvalue weighted by atomic mass is 10.1. The first-order valence-corrected chi connectivity index (χ1v) is 4.67. The Labute approximate surface area is 81.3 Å². The molecular formula is C9H12N2O3. The van der Waals surface area contributed by atoms with Crippen LogP contribution < -0.4 is 4.74 Å². The number of carboxylic acid groups (broad SMARTS) is 1. The summed E-state index contributed by atoms with van der Waals surface area (Å²) in [6, 6.07) is 1.82. The molecule has 2 rings (SSSR count). The van der Waals surface area contributed by atoms with Crippen molar-refractivity contribution in [2.75, 3.05) is 6.61 Å². The number of hydrogen-bond acceptors (Lipinski definition) is 3. The molecule has 0 radical (unpaired) electrons. The Kier molecular flexibility index (Phi) is 2.39. The molecule has 1 aromatic rings. The maximum Gasteiger partial charge on any atom is 0.341 e. The predicted octanol–water partition coefficient (Wildman–Crippen LogP) is 0.683. The van der Waals surface area contributed by atoms with Crippen LogP contribution in [-0.2, 0) is 17.8 Å². The van der Waals surface area contributed by atoms with Gasteiger partial charge < -0.3 is 9.84 Å². The maximum atomic E-state index is 10.3. The molecule has 5 nitrogen and oxygen atoms in total. The minimum absolute atomic E-state index is 0.323. The number of carbonyl (C=O) groups is 1. The normalized spacial score (nSPS) is 14.9. The Bertz CT molecular complexity index is 322. The summed E-state index contributed by atoms with van der Waals surface area (Å²) < 4.78 is 6.88. The molecule has 5 heteroatoms. The van der Waals surface area contributed by atoms with E-state index in [0.29, 0.717) is 5.88 Å². The van der Waals surface area contributed by atoms with E-state index in [9.17, 15) is 4.79 Å². The number of fused-ring (bicyclic) bond motifs is 1. The van der Waals surface area contributed by atoms with E-state index in [2.05, 4.69) is 5.10 Å². The molecule has 0 saturated carbocycles. The second-order valence-electron chi connectivity index (χ2n) is 3.34. The van der Waals surface area contributed by atoms with Gasteiger partial charge in [0.1, 0.15) is 0 Å². The molecule has 1 aliphatic heterocycles. The van der Waals surface area contributed by atoms with E-state index in [1.165, 1.54) is 6.42 Å². The van der Waals surface area contributed by atoms with Crippen LogP contribution in [0.5, 0.6) is 5.88 Å². The van der Waals surface area contributed by atoms with Crippen molar-refractivity contribution in [2.45, 2.75) is 25.8 Å². The number of ether oxygens (including phenoxy) is 1. The third-order valence-corrected chi connectivity index (χ3v) is 2.24. The van der Waals surface area contributed by atoms with Crippen LogP contribution in [0.25, 0.3) is 0 Å². The number of aryl methyl sites for hydroxylation is 2. The van der Waals surface area contributed by atoms with Crippen LogP contribution in [0, 0.1) is 0 Å². The summed E-state index contributed by atoms with van der Waals surface area (Å²) in [4.78, 5) is 10.3. The van der Waals surface area contributed by atoms with Crippen LogP contribution in [0.2, 0.25) is 0 Å². The second kappa shape index (κ2) is 3.69. The van der Waals surface area contributed by atoms with Crippen LogP contribution in [0.3, 0.4) is 0 Å². The zero-order valence-corrected chi connectivity index (χ0v) is 7.77. The Morgan fingerprint density at radius 1 is 1.64 bits per heavy atom. The van der Waals surface area contributed by atoms with Gasteiger partial charge in [0.05, 0.1) is 0 Å². The molecule has 2 heterocycles. The van der Waals surface area contributed by atoms with E-state index in [1.807, 2.05) is 10.7 Å². The average molecular weight is 196 g/mol. The van der Waals surface area contributed by atoms with Crippen molar-refractivity contribution < 1.29 is 14.6 Å². The predicted molar refractivity (Wildman–Crippen MR) is 48.3 cm³/mol. The molecule has 0 aromatic carbocycles. The molecule has 1 aliphatic rings. The number of nitrogens with zero attached hydrogens (tertiary/aromatic N) is 2. The lowest BCUT2D eigenvalue weighted by Crippen LogP contribution is -2.11. The third kappa shape index (κ3) is 1.86. The van der Waals surface area contributed by atoms with Gasteiger partial charge in [0, 0.05) is 18.3 Å². The number of carboxylic acids is 1. The van der Waals surface area contributed by atoms with Crippen molar-refractivity contribution in [1.82, 2.24) is 9.78 Å². The summed E-state index contributed by atoms with van der Waals surface area (Å²) in [7, 11) is 0. The van der Waals surface area contributed by atoms with Gasteiger partial charge in [-0.2, -0.15) is 0 Å². The number of hydrogen-bond donors (Lipinski definition) is 1. The van der Waals surface area contributed by atoms with Crippen LogP contribution in [0.15, 0.2) is 6.07 Å². The minimum atomic E-state index is -0.976. The van der Waals surface area contributed by atoms with E-state index in [-0.39, 0.29) is 6.61 Å². The Morgan fingerprint density at radius 3 is 3.21 bits per heavy atom. The summed E-state index contributed by atoms with van der Waals surface area (Å²) in [5, 5.41) is 12.6. The molecule has 0 saturated heterocycles. The number of aromatic nitrogens is 2. The molecule has 14 heavy (non-hydrogen) atoms. The Balaban J connectivity index is 2.04. The number of aliphatic carboxylic acids is 1.